The molecule has 1 aromatic rings. The maximum absolute atomic E-state index is 2.27. The fourth-order valence-electron chi connectivity index (χ4n) is 1.91. The minimum atomic E-state index is 0. The van der Waals surface area contributed by atoms with Crippen LogP contribution in [0.4, 0.5) is 0 Å². The van der Waals surface area contributed by atoms with Gasteiger partial charge in [-0.1, -0.05) is 39.0 Å². The lowest BCUT2D eigenvalue weighted by molar-refractivity contribution is -0.671. The molecule has 0 saturated heterocycles. The topological polar surface area (TPSA) is 3.88 Å². The standard InChI is InChI=1S/C14H24N.HI/c1-3-4-5-6-7-8-10-14-11-9-12-15(2)13-14;/h9,11-13H,3-8,10H2,1-2H3;1H/q+1;/p-1. The lowest BCUT2D eigenvalue weighted by Crippen LogP contribution is -3.00. The van der Waals surface area contributed by atoms with E-state index in [-0.39, 0.29) is 24.0 Å². The van der Waals surface area contributed by atoms with Crippen LogP contribution in [0.1, 0.15) is 51.0 Å². The van der Waals surface area contributed by atoms with E-state index in [1.54, 1.807) is 0 Å². The van der Waals surface area contributed by atoms with Crippen LogP contribution < -0.4 is 28.5 Å². The van der Waals surface area contributed by atoms with E-state index in [1.807, 2.05) is 0 Å². The predicted molar refractivity (Wildman–Crippen MR) is 64.7 cm³/mol. The maximum atomic E-state index is 2.27. The van der Waals surface area contributed by atoms with E-state index in [0.717, 1.165) is 0 Å². The van der Waals surface area contributed by atoms with Crippen LogP contribution in [-0.4, -0.2) is 0 Å². The summed E-state index contributed by atoms with van der Waals surface area (Å²) in [4.78, 5) is 0. The van der Waals surface area contributed by atoms with Gasteiger partial charge < -0.3 is 24.0 Å². The summed E-state index contributed by atoms with van der Waals surface area (Å²) in [5, 5.41) is 0. The van der Waals surface area contributed by atoms with E-state index in [1.165, 1.54) is 50.5 Å². The SMILES string of the molecule is CCCCCCCCc1ccc[n+](C)c1.[I-]. The zero-order valence-electron chi connectivity index (χ0n) is 10.6. The smallest absolute Gasteiger partial charge is 0.171 e. The number of hydrogen-bond donors (Lipinski definition) is 0. The van der Waals surface area contributed by atoms with Crippen LogP contribution in [0.25, 0.3) is 0 Å². The van der Waals surface area contributed by atoms with E-state index in [4.69, 9.17) is 0 Å². The van der Waals surface area contributed by atoms with Gasteiger partial charge in [0.25, 0.3) is 0 Å². The van der Waals surface area contributed by atoms with Gasteiger partial charge in [0.2, 0.25) is 0 Å². The van der Waals surface area contributed by atoms with Crippen molar-refractivity contribution in [3.05, 3.63) is 30.1 Å². The highest BCUT2D eigenvalue weighted by Crippen LogP contribution is 2.08. The fraction of sp³-hybridized carbons (Fsp3) is 0.643. The van der Waals surface area contributed by atoms with Crippen molar-refractivity contribution in [3.63, 3.8) is 0 Å². The minimum Gasteiger partial charge on any atom is -1.00 e. The molecule has 1 nitrogen and oxygen atoms in total. The summed E-state index contributed by atoms with van der Waals surface area (Å²) in [7, 11) is 2.09. The number of pyridine rings is 1. The van der Waals surface area contributed by atoms with Crippen molar-refractivity contribution in [1.82, 2.24) is 0 Å². The molecule has 92 valence electrons. The molecule has 0 aliphatic heterocycles. The number of hydrogen-bond acceptors (Lipinski definition) is 0. The molecule has 0 saturated carbocycles. The Morgan fingerprint density at radius 2 is 1.75 bits per heavy atom. The third kappa shape index (κ3) is 7.20. The normalized spacial score (nSPS) is 9.88. The van der Waals surface area contributed by atoms with Gasteiger partial charge in [-0.05, 0) is 18.9 Å². The molecule has 16 heavy (non-hydrogen) atoms. The average molecular weight is 333 g/mol. The first kappa shape index (κ1) is 15.9. The van der Waals surface area contributed by atoms with Gasteiger partial charge >= 0.3 is 0 Å². The summed E-state index contributed by atoms with van der Waals surface area (Å²) in [6.45, 7) is 2.27. The van der Waals surface area contributed by atoms with Gasteiger partial charge in [-0.25, -0.2) is 4.57 Å². The van der Waals surface area contributed by atoms with Crippen LogP contribution in [0.5, 0.6) is 0 Å². The van der Waals surface area contributed by atoms with Crippen LogP contribution in [-0.2, 0) is 13.5 Å². The van der Waals surface area contributed by atoms with Crippen LogP contribution in [0.3, 0.4) is 0 Å². The van der Waals surface area contributed by atoms with Crippen molar-refractivity contribution in [2.24, 2.45) is 7.05 Å². The molecular weight excluding hydrogens is 309 g/mol. The number of aromatic nitrogens is 1. The Bertz CT molecular complexity index is 273. The summed E-state index contributed by atoms with van der Waals surface area (Å²) < 4.78 is 2.13. The van der Waals surface area contributed by atoms with Crippen LogP contribution in [0, 0.1) is 0 Å². The zero-order chi connectivity index (χ0) is 10.9. The van der Waals surface area contributed by atoms with Gasteiger partial charge in [-0.15, -0.1) is 0 Å². The van der Waals surface area contributed by atoms with Crippen LogP contribution >= 0.6 is 0 Å². The molecule has 0 aromatic carbocycles. The Hall–Kier alpha value is -0.120. The van der Waals surface area contributed by atoms with Gasteiger partial charge in [0.05, 0.1) is 0 Å². The van der Waals surface area contributed by atoms with Crippen molar-refractivity contribution in [2.75, 3.05) is 0 Å². The highest BCUT2D eigenvalue weighted by Gasteiger charge is 1.97. The molecule has 0 radical (unpaired) electrons. The van der Waals surface area contributed by atoms with Crippen molar-refractivity contribution in [1.29, 1.82) is 0 Å². The molecule has 0 bridgehead atoms. The number of unbranched alkanes of at least 4 members (excludes halogenated alkanes) is 5. The molecule has 0 fully saturated rings. The third-order valence-electron chi connectivity index (χ3n) is 2.82. The zero-order valence-corrected chi connectivity index (χ0v) is 12.7. The fourth-order valence-corrected chi connectivity index (χ4v) is 1.91. The quantitative estimate of drug-likeness (QED) is 0.387. The number of halogens is 1. The van der Waals surface area contributed by atoms with Crippen molar-refractivity contribution in [3.8, 4) is 0 Å². The minimum absolute atomic E-state index is 0. The molecule has 0 N–H and O–H groups in total. The van der Waals surface area contributed by atoms with Crippen molar-refractivity contribution < 1.29 is 28.5 Å². The Morgan fingerprint density at radius 1 is 1.06 bits per heavy atom. The van der Waals surface area contributed by atoms with E-state index < -0.39 is 0 Å². The molecule has 0 aliphatic carbocycles. The monoisotopic (exact) mass is 333 g/mol. The molecule has 0 unspecified atom stereocenters. The molecule has 1 rings (SSSR count). The highest BCUT2D eigenvalue weighted by atomic mass is 127. The molecule has 1 heterocycles. The van der Waals surface area contributed by atoms with E-state index in [0.29, 0.717) is 0 Å². The van der Waals surface area contributed by atoms with Crippen molar-refractivity contribution >= 4 is 0 Å². The van der Waals surface area contributed by atoms with Gasteiger partial charge in [-0.2, -0.15) is 0 Å². The summed E-state index contributed by atoms with van der Waals surface area (Å²) in [6, 6.07) is 4.36. The first-order valence-electron chi connectivity index (χ1n) is 6.27. The van der Waals surface area contributed by atoms with E-state index in [2.05, 4.69) is 43.1 Å². The second-order valence-corrected chi connectivity index (χ2v) is 4.40. The number of nitrogens with zero attached hydrogens (tertiary/aromatic N) is 1. The molecule has 0 atom stereocenters. The first-order valence-corrected chi connectivity index (χ1v) is 6.27. The molecule has 0 amide bonds. The highest BCUT2D eigenvalue weighted by molar-refractivity contribution is 5.05. The Kier molecular flexibility index (Phi) is 9.99. The summed E-state index contributed by atoms with van der Waals surface area (Å²) in [5.74, 6) is 0. The number of rotatable bonds is 7. The molecule has 2 heteroatoms. The molecular formula is C14H24IN. The van der Waals surface area contributed by atoms with Crippen LogP contribution in [0.15, 0.2) is 24.5 Å². The molecule has 1 aromatic heterocycles. The molecule has 0 spiro atoms. The largest absolute Gasteiger partial charge is 1.00 e. The van der Waals surface area contributed by atoms with Gasteiger partial charge in [-0.3, -0.25) is 0 Å². The third-order valence-corrected chi connectivity index (χ3v) is 2.82. The van der Waals surface area contributed by atoms with Crippen LogP contribution in [0.2, 0.25) is 0 Å². The second-order valence-electron chi connectivity index (χ2n) is 4.40. The number of aryl methyl sites for hydroxylation is 2. The van der Waals surface area contributed by atoms with E-state index >= 15 is 0 Å². The lowest BCUT2D eigenvalue weighted by atomic mass is 10.1. The first-order chi connectivity index (χ1) is 7.33. The summed E-state index contributed by atoms with van der Waals surface area (Å²) >= 11 is 0. The Morgan fingerprint density at radius 3 is 2.44 bits per heavy atom. The summed E-state index contributed by atoms with van der Waals surface area (Å²) in [5.41, 5.74) is 1.47. The summed E-state index contributed by atoms with van der Waals surface area (Å²) in [6.07, 6.45) is 13.9. The van der Waals surface area contributed by atoms with Gasteiger partial charge in [0, 0.05) is 11.6 Å². The predicted octanol–water partition coefficient (Wildman–Crippen LogP) is 0.418. The second kappa shape index (κ2) is 10.1. The lowest BCUT2D eigenvalue weighted by Gasteiger charge is -2.00. The maximum Gasteiger partial charge on any atom is 0.171 e. The van der Waals surface area contributed by atoms with Gasteiger partial charge in [0.15, 0.2) is 12.4 Å². The Labute approximate surface area is 117 Å². The Balaban J connectivity index is 0.00000225. The van der Waals surface area contributed by atoms with E-state index in [9.17, 15) is 0 Å². The molecule has 0 aliphatic rings. The van der Waals surface area contributed by atoms with Crippen molar-refractivity contribution in [2.45, 2.75) is 51.9 Å². The van der Waals surface area contributed by atoms with Gasteiger partial charge in [0.1, 0.15) is 7.05 Å². The average Bonchev–Trinajstić information content (AvgIpc) is 2.23.